The molecule has 0 saturated carbocycles. The first kappa shape index (κ1) is 17.7. The largest absolute Gasteiger partial charge is 0.417 e. The fourth-order valence-corrected chi connectivity index (χ4v) is 2.53. The van der Waals surface area contributed by atoms with Gasteiger partial charge >= 0.3 is 6.18 Å². The fraction of sp³-hybridized carbons (Fsp3) is 0.235. The summed E-state index contributed by atoms with van der Waals surface area (Å²) < 4.78 is 44.6. The number of nitrogens with one attached hydrogen (secondary N) is 1. The van der Waals surface area contributed by atoms with Crippen LogP contribution in [0.4, 0.5) is 19.0 Å². The van der Waals surface area contributed by atoms with Gasteiger partial charge in [-0.15, -0.1) is 0 Å². The zero-order chi connectivity index (χ0) is 18.9. The Labute approximate surface area is 147 Å². The summed E-state index contributed by atoms with van der Waals surface area (Å²) in [6.45, 7) is 5.65. The van der Waals surface area contributed by atoms with Gasteiger partial charge < -0.3 is 4.52 Å². The van der Waals surface area contributed by atoms with Crippen LogP contribution in [0.1, 0.15) is 28.3 Å². The van der Waals surface area contributed by atoms with Crippen molar-refractivity contribution in [1.82, 2.24) is 14.7 Å². The van der Waals surface area contributed by atoms with Gasteiger partial charge in [0, 0.05) is 29.2 Å². The van der Waals surface area contributed by atoms with Gasteiger partial charge in [0.05, 0.1) is 11.8 Å². The van der Waals surface area contributed by atoms with E-state index < -0.39 is 11.7 Å². The molecule has 1 N–H and O–H groups in total. The number of hydrazone groups is 1. The number of aryl methyl sites for hydroxylation is 2. The highest BCUT2D eigenvalue weighted by Gasteiger charge is 2.30. The van der Waals surface area contributed by atoms with Crippen molar-refractivity contribution >= 4 is 12.0 Å². The monoisotopic (exact) mass is 363 g/mol. The van der Waals surface area contributed by atoms with Crippen molar-refractivity contribution in [2.24, 2.45) is 5.10 Å². The van der Waals surface area contributed by atoms with Gasteiger partial charge in [-0.2, -0.15) is 18.3 Å². The summed E-state index contributed by atoms with van der Waals surface area (Å²) in [7, 11) is 0. The molecule has 0 aliphatic carbocycles. The topological polar surface area (TPSA) is 68.2 Å². The first-order valence-electron chi connectivity index (χ1n) is 7.70. The molecule has 3 rings (SSSR count). The number of rotatable bonds is 4. The van der Waals surface area contributed by atoms with Gasteiger partial charge in [-0.25, -0.2) is 4.98 Å². The first-order valence-corrected chi connectivity index (χ1v) is 7.70. The third-order valence-electron chi connectivity index (χ3n) is 3.79. The van der Waals surface area contributed by atoms with Crippen LogP contribution >= 0.6 is 0 Å². The Morgan fingerprint density at radius 2 is 1.96 bits per heavy atom. The Kier molecular flexibility index (Phi) is 4.54. The standard InChI is InChI=1S/C17H16F3N5O/c1-10-6-13(12(3)25(10)16-7-11(2)26-24-16)8-22-23-15-5-4-14(9-21-15)17(18,19)20/h4-9H,1-3H3,(H,21,23)/b22-8-. The molecule has 0 amide bonds. The summed E-state index contributed by atoms with van der Waals surface area (Å²) in [5.74, 6) is 1.60. The van der Waals surface area contributed by atoms with E-state index >= 15 is 0 Å². The molecule has 0 saturated heterocycles. The van der Waals surface area contributed by atoms with E-state index in [1.807, 2.05) is 37.5 Å². The van der Waals surface area contributed by atoms with Crippen LogP contribution < -0.4 is 5.43 Å². The molecule has 3 aromatic heterocycles. The second-order valence-corrected chi connectivity index (χ2v) is 5.76. The smallest absolute Gasteiger partial charge is 0.360 e. The normalized spacial score (nSPS) is 12.1. The van der Waals surface area contributed by atoms with Crippen molar-refractivity contribution in [2.45, 2.75) is 26.9 Å². The molecule has 136 valence electrons. The van der Waals surface area contributed by atoms with Crippen LogP contribution in [-0.2, 0) is 6.18 Å². The number of nitrogens with zero attached hydrogens (tertiary/aromatic N) is 4. The van der Waals surface area contributed by atoms with E-state index in [0.717, 1.165) is 29.2 Å². The van der Waals surface area contributed by atoms with E-state index in [9.17, 15) is 13.2 Å². The highest BCUT2D eigenvalue weighted by Crippen LogP contribution is 2.28. The summed E-state index contributed by atoms with van der Waals surface area (Å²) in [5.41, 5.74) is 4.50. The molecule has 0 bridgehead atoms. The number of aromatic nitrogens is 3. The van der Waals surface area contributed by atoms with Crippen molar-refractivity contribution in [3.63, 3.8) is 0 Å². The van der Waals surface area contributed by atoms with Crippen LogP contribution in [0.2, 0.25) is 0 Å². The predicted octanol–water partition coefficient (Wildman–Crippen LogP) is 4.25. The third kappa shape index (κ3) is 3.61. The van der Waals surface area contributed by atoms with E-state index in [4.69, 9.17) is 4.52 Å². The molecule has 6 nitrogen and oxygen atoms in total. The second-order valence-electron chi connectivity index (χ2n) is 5.76. The van der Waals surface area contributed by atoms with Gasteiger partial charge in [0.1, 0.15) is 11.6 Å². The minimum absolute atomic E-state index is 0.218. The molecule has 0 unspecified atom stereocenters. The van der Waals surface area contributed by atoms with Crippen molar-refractivity contribution < 1.29 is 17.7 Å². The van der Waals surface area contributed by atoms with Crippen LogP contribution in [0.25, 0.3) is 5.82 Å². The lowest BCUT2D eigenvalue weighted by molar-refractivity contribution is -0.137. The van der Waals surface area contributed by atoms with Crippen molar-refractivity contribution in [3.05, 3.63) is 58.7 Å². The van der Waals surface area contributed by atoms with E-state index in [1.165, 1.54) is 6.07 Å². The molecule has 0 atom stereocenters. The quantitative estimate of drug-likeness (QED) is 0.556. The van der Waals surface area contributed by atoms with Gasteiger partial charge in [-0.1, -0.05) is 5.16 Å². The van der Waals surface area contributed by atoms with Gasteiger partial charge in [0.15, 0.2) is 5.82 Å². The Bertz CT molecular complexity index is 938. The van der Waals surface area contributed by atoms with Crippen LogP contribution in [0.3, 0.4) is 0 Å². The zero-order valence-corrected chi connectivity index (χ0v) is 14.3. The van der Waals surface area contributed by atoms with Gasteiger partial charge in [0.25, 0.3) is 0 Å². The Morgan fingerprint density at radius 1 is 1.19 bits per heavy atom. The molecule has 0 aliphatic heterocycles. The zero-order valence-electron chi connectivity index (χ0n) is 14.3. The number of halogens is 3. The lowest BCUT2D eigenvalue weighted by Gasteiger charge is -2.06. The number of alkyl halides is 3. The molecule has 3 heterocycles. The predicted molar refractivity (Wildman–Crippen MR) is 90.5 cm³/mol. The summed E-state index contributed by atoms with van der Waals surface area (Å²) in [6, 6.07) is 5.92. The average molecular weight is 363 g/mol. The molecular weight excluding hydrogens is 347 g/mol. The average Bonchev–Trinajstić information content (AvgIpc) is 3.10. The molecule has 0 aliphatic rings. The van der Waals surface area contributed by atoms with Gasteiger partial charge in [-0.05, 0) is 39.0 Å². The maximum Gasteiger partial charge on any atom is 0.417 e. The summed E-state index contributed by atoms with van der Waals surface area (Å²) in [5, 5.41) is 8.04. The molecule has 3 aromatic rings. The summed E-state index contributed by atoms with van der Waals surface area (Å²) in [4.78, 5) is 3.70. The molecular formula is C17H16F3N5O. The summed E-state index contributed by atoms with van der Waals surface area (Å²) in [6.07, 6.45) is -2.08. The first-order chi connectivity index (χ1) is 12.3. The van der Waals surface area contributed by atoms with E-state index in [2.05, 4.69) is 20.7 Å². The molecule has 9 heteroatoms. The maximum atomic E-state index is 12.5. The lowest BCUT2D eigenvalue weighted by Crippen LogP contribution is -2.05. The second kappa shape index (κ2) is 6.66. The van der Waals surface area contributed by atoms with Gasteiger partial charge in [-0.3, -0.25) is 9.99 Å². The molecule has 26 heavy (non-hydrogen) atoms. The lowest BCUT2D eigenvalue weighted by atomic mass is 10.3. The van der Waals surface area contributed by atoms with Crippen LogP contribution in [0.5, 0.6) is 0 Å². The number of hydrogen-bond donors (Lipinski definition) is 1. The van der Waals surface area contributed by atoms with E-state index in [1.54, 1.807) is 6.21 Å². The molecule has 0 fully saturated rings. The Hall–Kier alpha value is -3.10. The SMILES string of the molecule is Cc1cc(-n2c(C)cc(/C=N\Nc3ccc(C(F)(F)F)cn3)c2C)no1. The third-order valence-corrected chi connectivity index (χ3v) is 3.79. The maximum absolute atomic E-state index is 12.5. The number of hydrogen-bond acceptors (Lipinski definition) is 5. The highest BCUT2D eigenvalue weighted by atomic mass is 19.4. The Balaban J connectivity index is 1.75. The Morgan fingerprint density at radius 3 is 2.54 bits per heavy atom. The van der Waals surface area contributed by atoms with Crippen molar-refractivity contribution in [2.75, 3.05) is 5.43 Å². The van der Waals surface area contributed by atoms with Crippen LogP contribution in [0.15, 0.2) is 40.1 Å². The minimum atomic E-state index is -4.41. The fourth-order valence-electron chi connectivity index (χ4n) is 2.53. The van der Waals surface area contributed by atoms with Crippen molar-refractivity contribution in [3.8, 4) is 5.82 Å². The molecule has 0 aromatic carbocycles. The summed E-state index contributed by atoms with van der Waals surface area (Å²) >= 11 is 0. The minimum Gasteiger partial charge on any atom is -0.360 e. The van der Waals surface area contributed by atoms with Gasteiger partial charge in [0.2, 0.25) is 0 Å². The number of pyridine rings is 1. The van der Waals surface area contributed by atoms with Crippen molar-refractivity contribution in [1.29, 1.82) is 0 Å². The van der Waals surface area contributed by atoms with Crippen LogP contribution in [-0.4, -0.2) is 20.9 Å². The molecule has 0 spiro atoms. The van der Waals surface area contributed by atoms with E-state index in [0.29, 0.717) is 11.6 Å². The highest BCUT2D eigenvalue weighted by molar-refractivity contribution is 5.82. The number of anilines is 1. The molecule has 0 radical (unpaired) electrons. The van der Waals surface area contributed by atoms with E-state index in [-0.39, 0.29) is 5.82 Å². The van der Waals surface area contributed by atoms with Crippen LogP contribution in [0, 0.1) is 20.8 Å².